The average molecular weight is 216 g/mol. The van der Waals surface area contributed by atoms with E-state index in [0.29, 0.717) is 10.8 Å². The molecule has 1 fully saturated rings. The molecule has 1 spiro atoms. The normalized spacial score (nSPS) is 29.9. The molecule has 86 valence electrons. The molecule has 3 rings (SSSR count). The van der Waals surface area contributed by atoms with Crippen molar-refractivity contribution in [1.29, 1.82) is 0 Å². The van der Waals surface area contributed by atoms with Crippen LogP contribution in [0, 0.1) is 5.41 Å². The van der Waals surface area contributed by atoms with E-state index in [2.05, 4.69) is 32.0 Å². The summed E-state index contributed by atoms with van der Waals surface area (Å²) in [5.41, 5.74) is 4.09. The highest BCUT2D eigenvalue weighted by atomic mass is 16.5. The Morgan fingerprint density at radius 3 is 2.62 bits per heavy atom. The summed E-state index contributed by atoms with van der Waals surface area (Å²) in [4.78, 5) is 0. The Morgan fingerprint density at radius 2 is 2.00 bits per heavy atom. The third-order valence-electron chi connectivity index (χ3n) is 4.80. The van der Waals surface area contributed by atoms with Crippen molar-refractivity contribution in [3.8, 4) is 5.75 Å². The van der Waals surface area contributed by atoms with Gasteiger partial charge in [0.15, 0.2) is 0 Å². The molecule has 0 radical (unpaired) electrons. The predicted molar refractivity (Wildman–Crippen MR) is 66.0 cm³/mol. The lowest BCUT2D eigenvalue weighted by atomic mass is 9.76. The zero-order chi connectivity index (χ0) is 11.4. The lowest BCUT2D eigenvalue weighted by Crippen LogP contribution is -2.21. The average Bonchev–Trinajstić information content (AvgIpc) is 2.81. The minimum absolute atomic E-state index is 0.467. The Morgan fingerprint density at radius 1 is 1.25 bits per heavy atom. The lowest BCUT2D eigenvalue weighted by Gasteiger charge is -2.29. The van der Waals surface area contributed by atoms with Crippen LogP contribution >= 0.6 is 0 Å². The van der Waals surface area contributed by atoms with Crippen LogP contribution in [-0.2, 0) is 11.8 Å². The van der Waals surface area contributed by atoms with Crippen LogP contribution in [0.25, 0.3) is 0 Å². The zero-order valence-electron chi connectivity index (χ0n) is 10.5. The van der Waals surface area contributed by atoms with Crippen LogP contribution in [0.1, 0.15) is 44.2 Å². The molecule has 0 amide bonds. The highest BCUT2D eigenvalue weighted by molar-refractivity contribution is 5.48. The minimum Gasteiger partial charge on any atom is -0.497 e. The fraction of sp³-hybridized carbons (Fsp3) is 0.600. The summed E-state index contributed by atoms with van der Waals surface area (Å²) in [5.74, 6) is 1.02. The largest absolute Gasteiger partial charge is 0.497 e. The van der Waals surface area contributed by atoms with E-state index in [0.717, 1.165) is 5.75 Å². The molecule has 2 aliphatic carbocycles. The number of hydrogen-bond acceptors (Lipinski definition) is 1. The Kier molecular flexibility index (Phi) is 1.93. The summed E-state index contributed by atoms with van der Waals surface area (Å²) >= 11 is 0. The third kappa shape index (κ3) is 1.17. The summed E-state index contributed by atoms with van der Waals surface area (Å²) in [7, 11) is 1.76. The minimum atomic E-state index is 0.467. The van der Waals surface area contributed by atoms with E-state index in [9.17, 15) is 0 Å². The quantitative estimate of drug-likeness (QED) is 0.695. The van der Waals surface area contributed by atoms with Crippen molar-refractivity contribution in [2.75, 3.05) is 7.11 Å². The van der Waals surface area contributed by atoms with Gasteiger partial charge in [-0.3, -0.25) is 0 Å². The predicted octanol–water partition coefficient (Wildman–Crippen LogP) is 3.70. The van der Waals surface area contributed by atoms with E-state index < -0.39 is 0 Å². The lowest BCUT2D eigenvalue weighted by molar-refractivity contribution is 0.404. The number of methoxy groups -OCH3 is 1. The maximum atomic E-state index is 5.37. The van der Waals surface area contributed by atoms with Crippen LogP contribution in [-0.4, -0.2) is 7.11 Å². The first kappa shape index (κ1) is 10.2. The SMILES string of the molecule is COc1ccc2c(c1)C1(CCC2)CC1(C)C. The van der Waals surface area contributed by atoms with E-state index in [1.165, 1.54) is 25.7 Å². The van der Waals surface area contributed by atoms with Gasteiger partial charge in [-0.15, -0.1) is 0 Å². The summed E-state index contributed by atoms with van der Waals surface area (Å²) in [5, 5.41) is 0. The molecule has 2 aliphatic rings. The first-order chi connectivity index (χ1) is 7.59. The van der Waals surface area contributed by atoms with E-state index in [1.54, 1.807) is 18.2 Å². The molecule has 1 unspecified atom stereocenters. The van der Waals surface area contributed by atoms with E-state index >= 15 is 0 Å². The van der Waals surface area contributed by atoms with Crippen LogP contribution in [0.4, 0.5) is 0 Å². The molecule has 1 nitrogen and oxygen atoms in total. The summed E-state index contributed by atoms with van der Waals surface area (Å²) in [6.45, 7) is 4.81. The second kappa shape index (κ2) is 3.03. The maximum absolute atomic E-state index is 5.37. The van der Waals surface area contributed by atoms with Crippen LogP contribution in [0.3, 0.4) is 0 Å². The summed E-state index contributed by atoms with van der Waals surface area (Å²) < 4.78 is 5.37. The fourth-order valence-electron chi connectivity index (χ4n) is 3.66. The molecule has 0 aromatic heterocycles. The highest BCUT2D eigenvalue weighted by Gasteiger charge is 2.62. The Bertz CT molecular complexity index is 433. The van der Waals surface area contributed by atoms with Gasteiger partial charge in [-0.05, 0) is 54.4 Å². The number of rotatable bonds is 1. The van der Waals surface area contributed by atoms with Crippen molar-refractivity contribution in [2.24, 2.45) is 5.41 Å². The zero-order valence-corrected chi connectivity index (χ0v) is 10.5. The Balaban J connectivity index is 2.11. The second-order valence-electron chi connectivity index (χ2n) is 6.02. The van der Waals surface area contributed by atoms with Crippen LogP contribution < -0.4 is 4.74 Å². The first-order valence-corrected chi connectivity index (χ1v) is 6.26. The second-order valence-corrected chi connectivity index (χ2v) is 6.02. The molecular weight excluding hydrogens is 196 g/mol. The van der Waals surface area contributed by atoms with Gasteiger partial charge in [0, 0.05) is 5.41 Å². The number of benzene rings is 1. The van der Waals surface area contributed by atoms with E-state index in [-0.39, 0.29) is 0 Å². The van der Waals surface area contributed by atoms with Gasteiger partial charge in [0.2, 0.25) is 0 Å². The number of fused-ring (bicyclic) bond motifs is 2. The standard InChI is InChI=1S/C15H20O/c1-14(2)10-15(14)8-4-5-11-6-7-12(16-3)9-13(11)15/h6-7,9H,4-5,8,10H2,1-3H3. The smallest absolute Gasteiger partial charge is 0.119 e. The van der Waals surface area contributed by atoms with Crippen molar-refractivity contribution in [2.45, 2.75) is 44.9 Å². The molecule has 1 aromatic carbocycles. The number of hydrogen-bond donors (Lipinski definition) is 0. The van der Waals surface area contributed by atoms with Crippen molar-refractivity contribution in [3.05, 3.63) is 29.3 Å². The van der Waals surface area contributed by atoms with Gasteiger partial charge in [0.05, 0.1) is 7.11 Å². The van der Waals surface area contributed by atoms with Crippen LogP contribution in [0.2, 0.25) is 0 Å². The molecule has 0 aliphatic heterocycles. The molecule has 1 heteroatoms. The molecule has 0 N–H and O–H groups in total. The molecule has 0 heterocycles. The molecule has 1 saturated carbocycles. The Labute approximate surface area is 97.8 Å². The molecule has 1 atom stereocenters. The van der Waals surface area contributed by atoms with Gasteiger partial charge in [-0.1, -0.05) is 19.9 Å². The van der Waals surface area contributed by atoms with Gasteiger partial charge in [0.1, 0.15) is 5.75 Å². The van der Waals surface area contributed by atoms with Gasteiger partial charge in [-0.2, -0.15) is 0 Å². The fourth-order valence-corrected chi connectivity index (χ4v) is 3.66. The summed E-state index contributed by atoms with van der Waals surface area (Å²) in [6.07, 6.45) is 5.31. The van der Waals surface area contributed by atoms with Crippen molar-refractivity contribution in [3.63, 3.8) is 0 Å². The molecule has 16 heavy (non-hydrogen) atoms. The third-order valence-corrected chi connectivity index (χ3v) is 4.80. The molecular formula is C15H20O. The van der Waals surface area contributed by atoms with Gasteiger partial charge >= 0.3 is 0 Å². The molecule has 1 aromatic rings. The maximum Gasteiger partial charge on any atom is 0.119 e. The van der Waals surface area contributed by atoms with Crippen molar-refractivity contribution >= 4 is 0 Å². The highest BCUT2D eigenvalue weighted by Crippen LogP contribution is 2.68. The molecule has 0 bridgehead atoms. The topological polar surface area (TPSA) is 9.23 Å². The van der Waals surface area contributed by atoms with Gasteiger partial charge in [0.25, 0.3) is 0 Å². The first-order valence-electron chi connectivity index (χ1n) is 6.26. The summed E-state index contributed by atoms with van der Waals surface area (Å²) in [6, 6.07) is 6.65. The van der Waals surface area contributed by atoms with Gasteiger partial charge < -0.3 is 4.74 Å². The molecule has 0 saturated heterocycles. The Hall–Kier alpha value is -0.980. The van der Waals surface area contributed by atoms with Crippen molar-refractivity contribution < 1.29 is 4.74 Å². The monoisotopic (exact) mass is 216 g/mol. The van der Waals surface area contributed by atoms with Crippen molar-refractivity contribution in [1.82, 2.24) is 0 Å². The van der Waals surface area contributed by atoms with Crippen LogP contribution in [0.15, 0.2) is 18.2 Å². The number of aryl methyl sites for hydroxylation is 1. The van der Waals surface area contributed by atoms with E-state index in [1.807, 2.05) is 0 Å². The van der Waals surface area contributed by atoms with E-state index in [4.69, 9.17) is 4.74 Å². The number of ether oxygens (including phenoxy) is 1. The van der Waals surface area contributed by atoms with Crippen LogP contribution in [0.5, 0.6) is 5.75 Å². The van der Waals surface area contributed by atoms with Gasteiger partial charge in [-0.25, -0.2) is 0 Å².